The van der Waals surface area contributed by atoms with Gasteiger partial charge in [-0.3, -0.25) is 4.79 Å². The highest BCUT2D eigenvalue weighted by Gasteiger charge is 2.32. The largest absolute Gasteiger partial charge is 0.352 e. The zero-order valence-corrected chi connectivity index (χ0v) is 16.4. The molecule has 25 heavy (non-hydrogen) atoms. The lowest BCUT2D eigenvalue weighted by Gasteiger charge is -2.28. The summed E-state index contributed by atoms with van der Waals surface area (Å²) >= 11 is 0. The fourth-order valence-corrected chi connectivity index (χ4v) is 4.13. The van der Waals surface area contributed by atoms with Crippen molar-refractivity contribution in [2.45, 2.75) is 58.9 Å². The van der Waals surface area contributed by atoms with Crippen LogP contribution in [0.15, 0.2) is 24.3 Å². The first-order valence-corrected chi connectivity index (χ1v) is 10.4. The number of nitrogens with one attached hydrogen (secondary N) is 2. The molecule has 1 rings (SSSR count). The topological polar surface area (TPSA) is 101 Å². The SMILES string of the molecule is CCC(CC)(CN)C(=O)NCc1ccc(CS(=O)(=O)NC(C)C)cc1. The van der Waals surface area contributed by atoms with E-state index in [4.69, 9.17) is 5.73 Å². The summed E-state index contributed by atoms with van der Waals surface area (Å²) in [4.78, 5) is 12.4. The molecule has 6 nitrogen and oxygen atoms in total. The minimum Gasteiger partial charge on any atom is -0.352 e. The van der Waals surface area contributed by atoms with E-state index < -0.39 is 15.4 Å². The molecule has 0 radical (unpaired) electrons. The maximum Gasteiger partial charge on any atom is 0.227 e. The summed E-state index contributed by atoms with van der Waals surface area (Å²) < 4.78 is 26.4. The molecule has 142 valence electrons. The summed E-state index contributed by atoms with van der Waals surface area (Å²) in [6.07, 6.45) is 1.40. The number of carbonyl (C=O) groups excluding carboxylic acids is 1. The Bertz CT molecular complexity index is 642. The number of nitrogens with two attached hydrogens (primary N) is 1. The number of amides is 1. The Labute approximate surface area is 151 Å². The van der Waals surface area contributed by atoms with Gasteiger partial charge in [0.05, 0.1) is 11.2 Å². The lowest BCUT2D eigenvalue weighted by atomic mass is 9.81. The molecule has 0 saturated heterocycles. The van der Waals surface area contributed by atoms with Crippen LogP contribution >= 0.6 is 0 Å². The van der Waals surface area contributed by atoms with Crippen LogP contribution in [0.3, 0.4) is 0 Å². The Morgan fingerprint density at radius 1 is 1.12 bits per heavy atom. The minimum atomic E-state index is -3.34. The third-order valence-electron chi connectivity index (χ3n) is 4.47. The second-order valence-electron chi connectivity index (χ2n) is 6.72. The van der Waals surface area contributed by atoms with Crippen molar-refractivity contribution in [3.63, 3.8) is 0 Å². The van der Waals surface area contributed by atoms with E-state index in [0.717, 1.165) is 5.56 Å². The van der Waals surface area contributed by atoms with Crippen LogP contribution in [-0.2, 0) is 27.1 Å². The van der Waals surface area contributed by atoms with Gasteiger partial charge in [0, 0.05) is 19.1 Å². The first-order valence-electron chi connectivity index (χ1n) is 8.74. The number of hydrogen-bond acceptors (Lipinski definition) is 4. The standard InChI is InChI=1S/C18H31N3O3S/c1-5-18(6-2,13-19)17(22)20-11-15-7-9-16(10-8-15)12-25(23,24)21-14(3)4/h7-10,14,21H,5-6,11-13,19H2,1-4H3,(H,20,22). The Balaban J connectivity index is 2.67. The highest BCUT2D eigenvalue weighted by atomic mass is 32.2. The van der Waals surface area contributed by atoms with Crippen molar-refractivity contribution in [2.24, 2.45) is 11.1 Å². The fraction of sp³-hybridized carbons (Fsp3) is 0.611. The van der Waals surface area contributed by atoms with Gasteiger partial charge in [0.25, 0.3) is 0 Å². The van der Waals surface area contributed by atoms with Crippen molar-refractivity contribution in [1.82, 2.24) is 10.0 Å². The van der Waals surface area contributed by atoms with E-state index in [2.05, 4.69) is 10.0 Å². The molecule has 0 saturated carbocycles. The Hall–Kier alpha value is -1.44. The third kappa shape index (κ3) is 6.41. The van der Waals surface area contributed by atoms with Crippen molar-refractivity contribution in [1.29, 1.82) is 0 Å². The molecule has 0 aliphatic heterocycles. The molecule has 0 aliphatic rings. The van der Waals surface area contributed by atoms with Gasteiger partial charge < -0.3 is 11.1 Å². The molecule has 0 unspecified atom stereocenters. The third-order valence-corrected chi connectivity index (χ3v) is 6.02. The molecular formula is C18H31N3O3S. The van der Waals surface area contributed by atoms with E-state index in [-0.39, 0.29) is 17.7 Å². The van der Waals surface area contributed by atoms with E-state index in [1.165, 1.54) is 0 Å². The smallest absolute Gasteiger partial charge is 0.227 e. The fourth-order valence-electron chi connectivity index (χ4n) is 2.70. The molecule has 0 heterocycles. The van der Waals surface area contributed by atoms with E-state index >= 15 is 0 Å². The summed E-state index contributed by atoms with van der Waals surface area (Å²) in [5.74, 6) is -0.0902. The predicted octanol–water partition coefficient (Wildman–Crippen LogP) is 1.90. The predicted molar refractivity (Wildman–Crippen MR) is 101 cm³/mol. The molecule has 0 atom stereocenters. The molecule has 1 aromatic carbocycles. The van der Waals surface area contributed by atoms with E-state index in [1.54, 1.807) is 26.0 Å². The van der Waals surface area contributed by atoms with Gasteiger partial charge in [-0.25, -0.2) is 13.1 Å². The van der Waals surface area contributed by atoms with Crippen molar-refractivity contribution < 1.29 is 13.2 Å². The Kier molecular flexibility index (Phi) is 8.05. The molecule has 7 heteroatoms. The van der Waals surface area contributed by atoms with Gasteiger partial charge in [0.1, 0.15) is 0 Å². The van der Waals surface area contributed by atoms with Gasteiger partial charge in [-0.1, -0.05) is 38.1 Å². The minimum absolute atomic E-state index is 0.0345. The Morgan fingerprint density at radius 3 is 2.08 bits per heavy atom. The first kappa shape index (κ1) is 21.6. The van der Waals surface area contributed by atoms with Crippen molar-refractivity contribution >= 4 is 15.9 Å². The molecule has 0 aliphatic carbocycles. The summed E-state index contributed by atoms with van der Waals surface area (Å²) in [6.45, 7) is 8.24. The lowest BCUT2D eigenvalue weighted by molar-refractivity contribution is -0.131. The molecular weight excluding hydrogens is 338 g/mol. The van der Waals surface area contributed by atoms with Crippen LogP contribution in [-0.4, -0.2) is 26.9 Å². The van der Waals surface area contributed by atoms with Crippen molar-refractivity contribution in [3.05, 3.63) is 35.4 Å². The second-order valence-corrected chi connectivity index (χ2v) is 8.48. The summed E-state index contributed by atoms with van der Waals surface area (Å²) in [6, 6.07) is 7.10. The highest BCUT2D eigenvalue weighted by Crippen LogP contribution is 2.25. The quantitative estimate of drug-likeness (QED) is 0.586. The second kappa shape index (κ2) is 9.31. The molecule has 0 spiro atoms. The number of rotatable bonds is 10. The van der Waals surface area contributed by atoms with Crippen LogP contribution in [0.1, 0.15) is 51.7 Å². The highest BCUT2D eigenvalue weighted by molar-refractivity contribution is 7.88. The average Bonchev–Trinajstić information content (AvgIpc) is 2.54. The van der Waals surface area contributed by atoms with Crippen molar-refractivity contribution in [2.75, 3.05) is 6.54 Å². The van der Waals surface area contributed by atoms with Crippen LogP contribution < -0.4 is 15.8 Å². The summed E-state index contributed by atoms with van der Waals surface area (Å²) in [7, 11) is -3.34. The number of hydrogen-bond donors (Lipinski definition) is 3. The zero-order chi connectivity index (χ0) is 19.1. The normalized spacial score (nSPS) is 12.4. The van der Waals surface area contributed by atoms with Crippen molar-refractivity contribution in [3.8, 4) is 0 Å². The molecule has 1 amide bonds. The van der Waals surface area contributed by atoms with Crippen LogP contribution in [0.2, 0.25) is 0 Å². The van der Waals surface area contributed by atoms with Crippen LogP contribution in [0, 0.1) is 5.41 Å². The molecule has 0 fully saturated rings. The van der Waals surface area contributed by atoms with Crippen LogP contribution in [0.5, 0.6) is 0 Å². The molecule has 1 aromatic rings. The van der Waals surface area contributed by atoms with Gasteiger partial charge in [0.15, 0.2) is 0 Å². The zero-order valence-electron chi connectivity index (χ0n) is 15.6. The van der Waals surface area contributed by atoms with Gasteiger partial charge in [-0.05, 0) is 37.8 Å². The maximum atomic E-state index is 12.4. The lowest BCUT2D eigenvalue weighted by Crippen LogP contribution is -2.45. The summed E-state index contributed by atoms with van der Waals surface area (Å²) in [5, 5.41) is 2.94. The maximum absolute atomic E-state index is 12.4. The number of carbonyl (C=O) groups is 1. The summed E-state index contributed by atoms with van der Waals surface area (Å²) in [5.41, 5.74) is 6.90. The van der Waals surface area contributed by atoms with Gasteiger partial charge in [-0.2, -0.15) is 0 Å². The van der Waals surface area contributed by atoms with E-state index in [0.29, 0.717) is 31.5 Å². The van der Waals surface area contributed by atoms with E-state index in [9.17, 15) is 13.2 Å². The van der Waals surface area contributed by atoms with Crippen LogP contribution in [0.4, 0.5) is 0 Å². The number of benzene rings is 1. The average molecular weight is 370 g/mol. The first-order chi connectivity index (χ1) is 11.7. The van der Waals surface area contributed by atoms with Gasteiger partial charge >= 0.3 is 0 Å². The van der Waals surface area contributed by atoms with E-state index in [1.807, 2.05) is 26.0 Å². The van der Waals surface area contributed by atoms with Gasteiger partial charge in [0.2, 0.25) is 15.9 Å². The van der Waals surface area contributed by atoms with Gasteiger partial charge in [-0.15, -0.1) is 0 Å². The molecule has 4 N–H and O–H groups in total. The van der Waals surface area contributed by atoms with Crippen LogP contribution in [0.25, 0.3) is 0 Å². The Morgan fingerprint density at radius 2 is 1.64 bits per heavy atom. The monoisotopic (exact) mass is 369 g/mol. The molecule has 0 bridgehead atoms. The molecule has 0 aromatic heterocycles. The number of sulfonamides is 1.